The van der Waals surface area contributed by atoms with Gasteiger partial charge in [-0.3, -0.25) is 4.79 Å². The molecule has 0 N–H and O–H groups in total. The summed E-state index contributed by atoms with van der Waals surface area (Å²) in [6, 6.07) is 29.3. The zero-order valence-electron chi connectivity index (χ0n) is 30.0. The molecule has 6 nitrogen and oxygen atoms in total. The van der Waals surface area contributed by atoms with Crippen LogP contribution in [0.1, 0.15) is 52.5 Å². The molecule has 3 aromatic carbocycles. The molecule has 48 heavy (non-hydrogen) atoms. The molecule has 258 valence electrons. The van der Waals surface area contributed by atoms with Crippen LogP contribution in [-0.2, 0) is 18.7 Å². The van der Waals surface area contributed by atoms with Crippen molar-refractivity contribution in [3.63, 3.8) is 0 Å². The highest BCUT2D eigenvalue weighted by Gasteiger charge is 2.50. The minimum atomic E-state index is -2.67. The first-order chi connectivity index (χ1) is 23.0. The van der Waals surface area contributed by atoms with Gasteiger partial charge >= 0.3 is 0 Å². The van der Waals surface area contributed by atoms with Crippen molar-refractivity contribution in [3.05, 3.63) is 109 Å². The van der Waals surface area contributed by atoms with Gasteiger partial charge in [-0.1, -0.05) is 118 Å². The summed E-state index contributed by atoms with van der Waals surface area (Å²) in [6.45, 7) is 15.0. The average Bonchev–Trinajstić information content (AvgIpc) is 3.50. The van der Waals surface area contributed by atoms with Crippen molar-refractivity contribution < 1.29 is 23.4 Å². The molecule has 1 amide bonds. The van der Waals surface area contributed by atoms with Crippen molar-refractivity contribution in [1.29, 1.82) is 0 Å². The van der Waals surface area contributed by atoms with E-state index >= 15 is 0 Å². The molecule has 4 rings (SSSR count). The highest BCUT2D eigenvalue weighted by atomic mass is 28.4. The number of amides is 1. The third-order valence-electron chi connectivity index (χ3n) is 9.69. The predicted molar refractivity (Wildman–Crippen MR) is 199 cm³/mol. The summed E-state index contributed by atoms with van der Waals surface area (Å²) >= 11 is 0. The Balaban J connectivity index is 1.63. The minimum absolute atomic E-state index is 0.0137. The maximum atomic E-state index is 14.5. The monoisotopic (exact) mass is 669 g/mol. The summed E-state index contributed by atoms with van der Waals surface area (Å²) in [5, 5.41) is 2.42. The van der Waals surface area contributed by atoms with Gasteiger partial charge in [0.2, 0.25) is 5.91 Å². The number of nitrogens with zero attached hydrogens (tertiary/aromatic N) is 1. The van der Waals surface area contributed by atoms with Crippen molar-refractivity contribution in [3.8, 4) is 5.75 Å². The number of benzene rings is 3. The van der Waals surface area contributed by atoms with Gasteiger partial charge in [0.05, 0.1) is 31.8 Å². The highest BCUT2D eigenvalue weighted by Crippen LogP contribution is 2.38. The minimum Gasteiger partial charge on any atom is -0.497 e. The fraction of sp³-hybridized carbons (Fsp3) is 0.439. The van der Waals surface area contributed by atoms with E-state index in [1.807, 2.05) is 42.2 Å². The molecule has 0 radical (unpaired) electrons. The molecule has 1 aliphatic heterocycles. The van der Waals surface area contributed by atoms with E-state index in [1.54, 1.807) is 21.3 Å². The van der Waals surface area contributed by atoms with Crippen LogP contribution in [0.15, 0.2) is 103 Å². The van der Waals surface area contributed by atoms with Crippen LogP contribution in [0.4, 0.5) is 0 Å². The van der Waals surface area contributed by atoms with Crippen LogP contribution >= 0.6 is 0 Å². The first-order valence-corrected chi connectivity index (χ1v) is 19.0. The average molecular weight is 670 g/mol. The van der Waals surface area contributed by atoms with Gasteiger partial charge < -0.3 is 23.5 Å². The van der Waals surface area contributed by atoms with Crippen LogP contribution in [0.5, 0.6) is 5.75 Å². The summed E-state index contributed by atoms with van der Waals surface area (Å²) in [6.07, 6.45) is 6.40. The van der Waals surface area contributed by atoms with Gasteiger partial charge in [-0.25, -0.2) is 0 Å². The van der Waals surface area contributed by atoms with Crippen molar-refractivity contribution >= 4 is 30.7 Å². The third-order valence-corrected chi connectivity index (χ3v) is 14.7. The molecule has 0 aliphatic carbocycles. The topological polar surface area (TPSA) is 57.2 Å². The number of carbonyl (C=O) groups excluding carboxylic acids is 1. The maximum absolute atomic E-state index is 14.5. The Morgan fingerprint density at radius 2 is 1.62 bits per heavy atom. The van der Waals surface area contributed by atoms with Gasteiger partial charge in [-0.05, 0) is 65.2 Å². The number of rotatable bonds is 16. The lowest BCUT2D eigenvalue weighted by atomic mass is 9.82. The molecule has 0 unspecified atom stereocenters. The Hall–Kier alpha value is -3.49. The van der Waals surface area contributed by atoms with Gasteiger partial charge in [0.1, 0.15) is 5.75 Å². The van der Waals surface area contributed by atoms with Crippen molar-refractivity contribution in [2.45, 2.75) is 64.1 Å². The lowest BCUT2D eigenvalue weighted by molar-refractivity contribution is -0.137. The van der Waals surface area contributed by atoms with Crippen LogP contribution < -0.4 is 15.1 Å². The maximum Gasteiger partial charge on any atom is 0.261 e. The zero-order valence-corrected chi connectivity index (χ0v) is 31.0. The second-order valence-electron chi connectivity index (χ2n) is 14.0. The lowest BCUT2D eigenvalue weighted by Gasteiger charge is -2.43. The molecule has 0 aromatic heterocycles. The number of hydrogen-bond donors (Lipinski definition) is 0. The molecular weight excluding hydrogens is 615 g/mol. The molecule has 1 aliphatic rings. The van der Waals surface area contributed by atoms with E-state index in [2.05, 4.69) is 94.1 Å². The number of hydrogen-bond acceptors (Lipinski definition) is 5. The standard InChI is InChI=1S/C41H55NO5Si/c1-31(2)38(23-16-26-47-48(41(3,4)5,36-19-11-9-12-20-36)37-21-13-10-14-22-37)39(25-24-32-17-15-18-34(27-32)45-7)40(43)42-29-35(46-8)28-33(42)30-44-6/h9-15,17-22,24-25,27,33,35,38-39H,1,16,23,26,28-30H2,2-8H3/b25-24+/t33-,35+,38+,39+/m0/s1. The number of allylic oxidation sites excluding steroid dienone is 1. The Morgan fingerprint density at radius 1 is 0.979 bits per heavy atom. The molecule has 4 atom stereocenters. The fourth-order valence-electron chi connectivity index (χ4n) is 7.23. The van der Waals surface area contributed by atoms with Gasteiger partial charge in [-0.15, -0.1) is 0 Å². The van der Waals surface area contributed by atoms with E-state index in [0.29, 0.717) is 19.8 Å². The molecule has 0 spiro atoms. The highest BCUT2D eigenvalue weighted by molar-refractivity contribution is 6.99. The smallest absolute Gasteiger partial charge is 0.261 e. The SMILES string of the molecule is C=C(C)[C@@H](CCCO[Si](c1ccccc1)(c1ccccc1)C(C)(C)C)[C@@H](/C=C/c1cccc(OC)c1)C(=O)N1C[C@H](OC)C[C@H]1COC. The first-order valence-electron chi connectivity index (χ1n) is 17.1. The number of carbonyl (C=O) groups is 1. The molecule has 1 saturated heterocycles. The summed E-state index contributed by atoms with van der Waals surface area (Å²) < 4.78 is 23.9. The second-order valence-corrected chi connectivity index (χ2v) is 18.3. The summed E-state index contributed by atoms with van der Waals surface area (Å²) in [7, 11) is 2.39. The van der Waals surface area contributed by atoms with Crippen LogP contribution in [0, 0.1) is 11.8 Å². The van der Waals surface area contributed by atoms with Crippen LogP contribution in [0.25, 0.3) is 6.08 Å². The number of methoxy groups -OCH3 is 3. The first kappa shape index (κ1) is 37.3. The van der Waals surface area contributed by atoms with E-state index in [1.165, 1.54) is 10.4 Å². The quantitative estimate of drug-likeness (QED) is 0.0923. The summed E-state index contributed by atoms with van der Waals surface area (Å²) in [5.41, 5.74) is 1.96. The van der Waals surface area contributed by atoms with E-state index < -0.39 is 14.2 Å². The number of ether oxygens (including phenoxy) is 3. The normalized spacial score (nSPS) is 18.2. The molecule has 0 bridgehead atoms. The Labute approximate surface area is 289 Å². The molecular formula is C41H55NO5Si. The van der Waals surface area contributed by atoms with E-state index in [9.17, 15) is 4.79 Å². The van der Waals surface area contributed by atoms with Gasteiger partial charge in [0.25, 0.3) is 8.32 Å². The van der Waals surface area contributed by atoms with Crippen LogP contribution in [-0.4, -0.2) is 72.4 Å². The molecule has 1 heterocycles. The molecule has 1 fully saturated rings. The van der Waals surface area contributed by atoms with Crippen LogP contribution in [0.3, 0.4) is 0 Å². The fourth-order valence-corrected chi connectivity index (χ4v) is 11.8. The van der Waals surface area contributed by atoms with Gasteiger partial charge in [-0.2, -0.15) is 0 Å². The largest absolute Gasteiger partial charge is 0.497 e. The van der Waals surface area contributed by atoms with Crippen molar-refractivity contribution in [1.82, 2.24) is 4.90 Å². The van der Waals surface area contributed by atoms with E-state index in [4.69, 9.17) is 18.6 Å². The summed E-state index contributed by atoms with van der Waals surface area (Å²) in [4.78, 5) is 16.5. The van der Waals surface area contributed by atoms with Gasteiger partial charge in [0.15, 0.2) is 0 Å². The van der Waals surface area contributed by atoms with E-state index in [-0.39, 0.29) is 29.0 Å². The Kier molecular flexibility index (Phi) is 13.4. The zero-order chi connectivity index (χ0) is 34.7. The van der Waals surface area contributed by atoms with Crippen LogP contribution in [0.2, 0.25) is 5.04 Å². The van der Waals surface area contributed by atoms with Crippen molar-refractivity contribution in [2.24, 2.45) is 11.8 Å². The van der Waals surface area contributed by atoms with E-state index in [0.717, 1.165) is 36.1 Å². The lowest BCUT2D eigenvalue weighted by Crippen LogP contribution is -2.66. The molecule has 0 saturated carbocycles. The van der Waals surface area contributed by atoms with Crippen molar-refractivity contribution in [2.75, 3.05) is 41.1 Å². The van der Waals surface area contributed by atoms with Gasteiger partial charge in [0, 0.05) is 27.4 Å². The third kappa shape index (κ3) is 8.75. The second kappa shape index (κ2) is 17.2. The summed E-state index contributed by atoms with van der Waals surface area (Å²) in [5.74, 6) is 0.375. The Morgan fingerprint density at radius 3 is 2.17 bits per heavy atom. The Bertz CT molecular complexity index is 1450. The molecule has 7 heteroatoms. The number of likely N-dealkylation sites (tertiary alicyclic amines) is 1. The molecule has 3 aromatic rings. The predicted octanol–water partition coefficient (Wildman–Crippen LogP) is 7.14.